The predicted molar refractivity (Wildman–Crippen MR) is 86.5 cm³/mol. The van der Waals surface area contributed by atoms with Crippen LogP contribution in [-0.4, -0.2) is 11.6 Å². The van der Waals surface area contributed by atoms with E-state index in [-0.39, 0.29) is 0 Å². The fraction of sp³-hybridized carbons (Fsp3) is 0.222. The van der Waals surface area contributed by atoms with E-state index in [0.29, 0.717) is 12.2 Å². The van der Waals surface area contributed by atoms with Gasteiger partial charge < -0.3 is 4.74 Å². The minimum atomic E-state index is 0.605. The maximum atomic E-state index is 9.17. The Morgan fingerprint density at radius 3 is 2.67 bits per heavy atom. The van der Waals surface area contributed by atoms with Gasteiger partial charge in [0, 0.05) is 11.6 Å². The molecule has 0 atom stereocenters. The van der Waals surface area contributed by atoms with Crippen LogP contribution in [0.5, 0.6) is 5.75 Å². The summed E-state index contributed by atoms with van der Waals surface area (Å²) in [5.41, 5.74) is 1.46. The summed E-state index contributed by atoms with van der Waals surface area (Å²) in [7, 11) is 0. The van der Waals surface area contributed by atoms with Crippen molar-refractivity contribution in [2.24, 2.45) is 0 Å². The van der Waals surface area contributed by atoms with Gasteiger partial charge in [0.25, 0.3) is 0 Å². The first-order chi connectivity index (χ1) is 10.3. The molecule has 3 aromatic rings. The van der Waals surface area contributed by atoms with Crippen LogP contribution in [0.1, 0.15) is 26.3 Å². The van der Waals surface area contributed by atoms with Crippen molar-refractivity contribution in [3.63, 3.8) is 0 Å². The first-order valence-electron chi connectivity index (χ1n) is 7.18. The summed E-state index contributed by atoms with van der Waals surface area (Å²) in [4.78, 5) is 4.43. The van der Waals surface area contributed by atoms with Crippen molar-refractivity contribution in [2.75, 3.05) is 6.61 Å². The molecular formula is C18H18N2O. The summed E-state index contributed by atoms with van der Waals surface area (Å²) < 4.78 is 5.68. The largest absolute Gasteiger partial charge is 0.493 e. The average molecular weight is 278 g/mol. The van der Waals surface area contributed by atoms with Crippen LogP contribution in [0.3, 0.4) is 0 Å². The molecule has 0 aliphatic carbocycles. The van der Waals surface area contributed by atoms with Crippen LogP contribution in [0.4, 0.5) is 0 Å². The number of ether oxygens (including phenoxy) is 1. The van der Waals surface area contributed by atoms with E-state index in [1.807, 2.05) is 51.1 Å². The molecule has 0 fully saturated rings. The lowest BCUT2D eigenvalue weighted by atomic mass is 10.0. The first-order valence-corrected chi connectivity index (χ1v) is 7.18. The monoisotopic (exact) mass is 278 g/mol. The molecule has 0 saturated heterocycles. The van der Waals surface area contributed by atoms with Gasteiger partial charge in [-0.1, -0.05) is 38.1 Å². The zero-order chi connectivity index (χ0) is 15.2. The normalized spacial score (nSPS) is 9.81. The Balaban J connectivity index is 0.000000774. The molecule has 2 aromatic carbocycles. The molecule has 1 aromatic heterocycles. The number of benzene rings is 2. The van der Waals surface area contributed by atoms with Gasteiger partial charge in [0.05, 0.1) is 29.1 Å². The number of fused-ring (bicyclic) bond motifs is 3. The van der Waals surface area contributed by atoms with E-state index in [9.17, 15) is 5.26 Å². The number of hydrogen-bond donors (Lipinski definition) is 0. The Bertz CT molecular complexity index is 803. The molecule has 3 heteroatoms. The number of aromatic nitrogens is 1. The zero-order valence-electron chi connectivity index (χ0n) is 12.6. The molecule has 0 saturated carbocycles. The summed E-state index contributed by atoms with van der Waals surface area (Å²) in [6.07, 6.45) is 1.67. The Labute approximate surface area is 124 Å². The Morgan fingerprint density at radius 2 is 1.95 bits per heavy atom. The third kappa shape index (κ3) is 2.66. The summed E-state index contributed by atoms with van der Waals surface area (Å²) in [5, 5.41) is 12.1. The quantitative estimate of drug-likeness (QED) is 0.639. The van der Waals surface area contributed by atoms with Gasteiger partial charge in [-0.05, 0) is 24.4 Å². The minimum absolute atomic E-state index is 0.605. The van der Waals surface area contributed by atoms with Crippen LogP contribution in [0.2, 0.25) is 0 Å². The second-order valence-electron chi connectivity index (χ2n) is 4.22. The van der Waals surface area contributed by atoms with E-state index in [1.165, 1.54) is 0 Å². The van der Waals surface area contributed by atoms with Gasteiger partial charge in [-0.3, -0.25) is 4.98 Å². The highest BCUT2D eigenvalue weighted by molar-refractivity contribution is 6.09. The highest BCUT2D eigenvalue weighted by atomic mass is 16.5. The third-order valence-electron chi connectivity index (χ3n) is 3.14. The molecule has 3 rings (SSSR count). The van der Waals surface area contributed by atoms with Crippen LogP contribution in [-0.2, 0) is 0 Å². The third-order valence-corrected chi connectivity index (χ3v) is 3.14. The molecule has 0 aliphatic rings. The van der Waals surface area contributed by atoms with Crippen LogP contribution >= 0.6 is 0 Å². The molecular weight excluding hydrogens is 260 g/mol. The molecule has 0 bridgehead atoms. The van der Waals surface area contributed by atoms with Crippen molar-refractivity contribution in [1.82, 2.24) is 4.98 Å². The average Bonchev–Trinajstić information content (AvgIpc) is 2.56. The van der Waals surface area contributed by atoms with Crippen LogP contribution < -0.4 is 4.74 Å². The van der Waals surface area contributed by atoms with Crippen molar-refractivity contribution >= 4 is 21.7 Å². The van der Waals surface area contributed by atoms with E-state index in [0.717, 1.165) is 27.4 Å². The standard InChI is InChI=1S/C16H12N2O.C2H6/c1-2-19-14-5-3-4-11-6-7-13-12(10-17)8-9-18-16(13)15(11)14;1-2/h3-9H,2H2,1H3;1-2H3. The Hall–Kier alpha value is -2.60. The Morgan fingerprint density at radius 1 is 1.14 bits per heavy atom. The molecule has 3 nitrogen and oxygen atoms in total. The fourth-order valence-corrected chi connectivity index (χ4v) is 2.33. The molecule has 0 aliphatic heterocycles. The minimum Gasteiger partial charge on any atom is -0.493 e. The van der Waals surface area contributed by atoms with E-state index < -0.39 is 0 Å². The molecule has 0 unspecified atom stereocenters. The van der Waals surface area contributed by atoms with Crippen LogP contribution in [0.15, 0.2) is 42.6 Å². The number of hydrogen-bond acceptors (Lipinski definition) is 3. The predicted octanol–water partition coefficient (Wildman–Crippen LogP) is 4.68. The van der Waals surface area contributed by atoms with Crippen molar-refractivity contribution in [2.45, 2.75) is 20.8 Å². The lowest BCUT2D eigenvalue weighted by Gasteiger charge is -2.10. The molecule has 0 radical (unpaired) electrons. The number of nitrogens with zero attached hydrogens (tertiary/aromatic N) is 2. The maximum absolute atomic E-state index is 9.17. The van der Waals surface area contributed by atoms with Gasteiger partial charge in [-0.15, -0.1) is 0 Å². The fourth-order valence-electron chi connectivity index (χ4n) is 2.33. The van der Waals surface area contributed by atoms with Gasteiger partial charge in [0.2, 0.25) is 0 Å². The molecule has 106 valence electrons. The molecule has 21 heavy (non-hydrogen) atoms. The second kappa shape index (κ2) is 6.71. The molecule has 0 spiro atoms. The molecule has 0 N–H and O–H groups in total. The SMILES string of the molecule is CC.CCOc1cccc2ccc3c(C#N)ccnc3c12. The van der Waals surface area contributed by atoms with E-state index >= 15 is 0 Å². The van der Waals surface area contributed by atoms with Crippen LogP contribution in [0.25, 0.3) is 21.7 Å². The number of nitriles is 1. The summed E-state index contributed by atoms with van der Waals surface area (Å²) in [6, 6.07) is 13.8. The smallest absolute Gasteiger partial charge is 0.129 e. The first kappa shape index (κ1) is 14.8. The lowest BCUT2D eigenvalue weighted by Crippen LogP contribution is -1.94. The lowest BCUT2D eigenvalue weighted by molar-refractivity contribution is 0.344. The van der Waals surface area contributed by atoms with Crippen LogP contribution in [0, 0.1) is 11.3 Å². The topological polar surface area (TPSA) is 45.9 Å². The van der Waals surface area contributed by atoms with Gasteiger partial charge in [-0.25, -0.2) is 0 Å². The Kier molecular flexibility index (Phi) is 4.73. The van der Waals surface area contributed by atoms with Crippen molar-refractivity contribution in [1.29, 1.82) is 5.26 Å². The van der Waals surface area contributed by atoms with Gasteiger partial charge in [-0.2, -0.15) is 5.26 Å². The highest BCUT2D eigenvalue weighted by Gasteiger charge is 2.09. The van der Waals surface area contributed by atoms with Crippen molar-refractivity contribution < 1.29 is 4.74 Å². The molecule has 0 amide bonds. The summed E-state index contributed by atoms with van der Waals surface area (Å²) in [6.45, 7) is 6.56. The summed E-state index contributed by atoms with van der Waals surface area (Å²) >= 11 is 0. The second-order valence-corrected chi connectivity index (χ2v) is 4.22. The van der Waals surface area contributed by atoms with Gasteiger partial charge >= 0.3 is 0 Å². The zero-order valence-corrected chi connectivity index (χ0v) is 12.6. The molecule has 1 heterocycles. The van der Waals surface area contributed by atoms with Gasteiger partial charge in [0.15, 0.2) is 0 Å². The van der Waals surface area contributed by atoms with Gasteiger partial charge in [0.1, 0.15) is 5.75 Å². The van der Waals surface area contributed by atoms with Crippen molar-refractivity contribution in [3.8, 4) is 11.8 Å². The maximum Gasteiger partial charge on any atom is 0.129 e. The van der Waals surface area contributed by atoms with E-state index in [2.05, 4.69) is 11.1 Å². The van der Waals surface area contributed by atoms with E-state index in [4.69, 9.17) is 4.74 Å². The highest BCUT2D eigenvalue weighted by Crippen LogP contribution is 2.32. The number of pyridine rings is 1. The van der Waals surface area contributed by atoms with E-state index in [1.54, 1.807) is 12.3 Å². The number of rotatable bonds is 2. The summed E-state index contributed by atoms with van der Waals surface area (Å²) in [5.74, 6) is 0.813. The van der Waals surface area contributed by atoms with Crippen molar-refractivity contribution in [3.05, 3.63) is 48.2 Å².